The predicted octanol–water partition coefficient (Wildman–Crippen LogP) is 3.29. The first-order valence-corrected chi connectivity index (χ1v) is 7.12. The van der Waals surface area contributed by atoms with Crippen LogP contribution in [0.15, 0.2) is 36.4 Å². The molecule has 3 rings (SSSR count). The summed E-state index contributed by atoms with van der Waals surface area (Å²) in [6, 6.07) is 10.7. The van der Waals surface area contributed by atoms with Crippen LogP contribution in [0.2, 0.25) is 4.34 Å². The van der Waals surface area contributed by atoms with Crippen LogP contribution >= 0.6 is 22.9 Å². The molecule has 0 aliphatic rings. The van der Waals surface area contributed by atoms with E-state index in [-0.39, 0.29) is 5.56 Å². The van der Waals surface area contributed by atoms with Crippen molar-refractivity contribution in [3.8, 4) is 10.6 Å². The van der Waals surface area contributed by atoms with Gasteiger partial charge in [0.15, 0.2) is 0 Å². The van der Waals surface area contributed by atoms with Gasteiger partial charge in [0.05, 0.1) is 26.4 Å². The average molecular weight is 303 g/mol. The maximum Gasteiger partial charge on any atom is 0.0935 e. The lowest BCUT2D eigenvalue weighted by Crippen LogP contribution is -2.22. The van der Waals surface area contributed by atoms with Crippen LogP contribution in [-0.2, 0) is 0 Å². The number of halogens is 1. The van der Waals surface area contributed by atoms with E-state index in [1.807, 2.05) is 25.1 Å². The fourth-order valence-corrected chi connectivity index (χ4v) is 3.09. The largest absolute Gasteiger partial charge is 0.545 e. The number of carboxylic acids is 1. The fourth-order valence-electron chi connectivity index (χ4n) is 2.09. The zero-order valence-corrected chi connectivity index (χ0v) is 12.1. The van der Waals surface area contributed by atoms with Crippen LogP contribution in [0.25, 0.3) is 21.5 Å². The molecule has 0 aliphatic heterocycles. The van der Waals surface area contributed by atoms with Crippen molar-refractivity contribution in [2.75, 3.05) is 0 Å². The molecule has 0 bridgehead atoms. The zero-order chi connectivity index (χ0) is 14.3. The summed E-state index contributed by atoms with van der Waals surface area (Å²) in [7, 11) is 0. The summed E-state index contributed by atoms with van der Waals surface area (Å²) in [5, 5.41) is 11.9. The number of aromatic nitrogens is 1. The molecule has 0 radical (unpaired) electrons. The van der Waals surface area contributed by atoms with Crippen molar-refractivity contribution in [2.24, 2.45) is 0 Å². The van der Waals surface area contributed by atoms with E-state index in [9.17, 15) is 9.90 Å². The zero-order valence-electron chi connectivity index (χ0n) is 10.5. The van der Waals surface area contributed by atoms with E-state index in [1.54, 1.807) is 18.2 Å². The van der Waals surface area contributed by atoms with Crippen molar-refractivity contribution < 1.29 is 9.90 Å². The number of fused-ring (bicyclic) bond motifs is 1. The predicted molar refractivity (Wildman–Crippen MR) is 79.1 cm³/mol. The fraction of sp³-hybridized carbons (Fsp3) is 0.0667. The minimum absolute atomic E-state index is 0.151. The van der Waals surface area contributed by atoms with Gasteiger partial charge in [-0.3, -0.25) is 0 Å². The van der Waals surface area contributed by atoms with Gasteiger partial charge in [0.25, 0.3) is 0 Å². The summed E-state index contributed by atoms with van der Waals surface area (Å²) >= 11 is 7.28. The van der Waals surface area contributed by atoms with Crippen LogP contribution in [0.5, 0.6) is 0 Å². The third-order valence-corrected chi connectivity index (χ3v) is 4.26. The summed E-state index contributed by atoms with van der Waals surface area (Å²) < 4.78 is 0.640. The number of carbonyl (C=O) groups excluding carboxylic acids is 1. The molecule has 3 aromatic rings. The van der Waals surface area contributed by atoms with Gasteiger partial charge in [0.2, 0.25) is 0 Å². The highest BCUT2D eigenvalue weighted by molar-refractivity contribution is 7.19. The van der Waals surface area contributed by atoms with Gasteiger partial charge < -0.3 is 9.90 Å². The van der Waals surface area contributed by atoms with Gasteiger partial charge in [-0.1, -0.05) is 23.2 Å². The molecular weight excluding hydrogens is 294 g/mol. The summed E-state index contributed by atoms with van der Waals surface area (Å²) in [5.74, 6) is -1.20. The number of rotatable bonds is 2. The Kier molecular flexibility index (Phi) is 3.20. The minimum Gasteiger partial charge on any atom is -0.545 e. The van der Waals surface area contributed by atoms with Gasteiger partial charge in [0.1, 0.15) is 0 Å². The minimum atomic E-state index is -1.20. The number of thiophene rings is 1. The number of hydrogen-bond acceptors (Lipinski definition) is 4. The van der Waals surface area contributed by atoms with Gasteiger partial charge in [-0.2, -0.15) is 0 Å². The number of carbonyl (C=O) groups is 1. The Balaban J connectivity index is 2.31. The summed E-state index contributed by atoms with van der Waals surface area (Å²) in [4.78, 5) is 16.7. The van der Waals surface area contributed by atoms with Crippen LogP contribution in [0.1, 0.15) is 15.9 Å². The first kappa shape index (κ1) is 13.1. The highest BCUT2D eigenvalue weighted by Crippen LogP contribution is 2.32. The monoisotopic (exact) mass is 302 g/mol. The number of pyridine rings is 1. The van der Waals surface area contributed by atoms with Crippen molar-refractivity contribution >= 4 is 39.8 Å². The molecule has 2 heterocycles. The standard InChI is InChI=1S/C15H10ClNO2S/c1-8-2-3-11-9(6-8)10(15(18)19)7-12(17-11)13-4-5-14(16)20-13/h2-7H,1H3,(H,18,19)/p-1. The Morgan fingerprint density at radius 2 is 2.05 bits per heavy atom. The second-order valence-corrected chi connectivity index (χ2v) is 6.18. The van der Waals surface area contributed by atoms with Crippen LogP contribution in [-0.4, -0.2) is 11.0 Å². The van der Waals surface area contributed by atoms with E-state index in [0.29, 0.717) is 20.9 Å². The van der Waals surface area contributed by atoms with Crippen LogP contribution < -0.4 is 5.11 Å². The lowest BCUT2D eigenvalue weighted by atomic mass is 10.0. The summed E-state index contributed by atoms with van der Waals surface area (Å²) in [5.41, 5.74) is 2.36. The van der Waals surface area contributed by atoms with E-state index in [4.69, 9.17) is 11.6 Å². The molecule has 0 unspecified atom stereocenters. The molecule has 1 aromatic carbocycles. The van der Waals surface area contributed by atoms with Gasteiger partial charge >= 0.3 is 0 Å². The van der Waals surface area contributed by atoms with Crippen molar-refractivity contribution in [1.82, 2.24) is 4.98 Å². The molecule has 0 spiro atoms. The molecular formula is C15H9ClNO2S-. The topological polar surface area (TPSA) is 53.0 Å². The number of benzene rings is 1. The number of aromatic carboxylic acids is 1. The molecule has 0 saturated heterocycles. The highest BCUT2D eigenvalue weighted by Gasteiger charge is 2.10. The van der Waals surface area contributed by atoms with Gasteiger partial charge in [-0.05, 0) is 37.3 Å². The number of hydrogen-bond donors (Lipinski definition) is 0. The van der Waals surface area contributed by atoms with Crippen LogP contribution in [0.4, 0.5) is 0 Å². The Morgan fingerprint density at radius 1 is 1.25 bits per heavy atom. The third-order valence-electron chi connectivity index (χ3n) is 3.01. The Bertz CT molecular complexity index is 826. The molecule has 3 nitrogen and oxygen atoms in total. The van der Waals surface area contributed by atoms with Crippen LogP contribution in [0.3, 0.4) is 0 Å². The maximum absolute atomic E-state index is 11.4. The number of carboxylic acid groups (broad SMARTS) is 1. The maximum atomic E-state index is 11.4. The van der Waals surface area contributed by atoms with E-state index in [0.717, 1.165) is 10.4 Å². The van der Waals surface area contributed by atoms with E-state index >= 15 is 0 Å². The number of nitrogens with zero attached hydrogens (tertiary/aromatic N) is 1. The Morgan fingerprint density at radius 3 is 2.70 bits per heavy atom. The molecule has 0 fully saturated rings. The van der Waals surface area contributed by atoms with E-state index in [2.05, 4.69) is 4.98 Å². The molecule has 20 heavy (non-hydrogen) atoms. The van der Waals surface area contributed by atoms with Crippen molar-refractivity contribution in [1.29, 1.82) is 0 Å². The Labute approximate surface area is 124 Å². The van der Waals surface area contributed by atoms with Crippen molar-refractivity contribution in [2.45, 2.75) is 6.92 Å². The molecule has 0 N–H and O–H groups in total. The van der Waals surface area contributed by atoms with E-state index in [1.165, 1.54) is 11.3 Å². The van der Waals surface area contributed by atoms with Crippen molar-refractivity contribution in [3.63, 3.8) is 0 Å². The SMILES string of the molecule is Cc1ccc2nc(-c3ccc(Cl)s3)cc(C(=O)[O-])c2c1. The molecule has 0 saturated carbocycles. The third kappa shape index (κ3) is 2.28. The molecule has 2 aromatic heterocycles. The molecule has 100 valence electrons. The normalized spacial score (nSPS) is 10.9. The molecule has 5 heteroatoms. The second kappa shape index (κ2) is 4.89. The highest BCUT2D eigenvalue weighted by atomic mass is 35.5. The van der Waals surface area contributed by atoms with Crippen molar-refractivity contribution in [3.05, 3.63) is 51.9 Å². The molecule has 0 amide bonds. The smallest absolute Gasteiger partial charge is 0.0935 e. The lowest BCUT2D eigenvalue weighted by molar-refractivity contribution is -0.254. The van der Waals surface area contributed by atoms with Gasteiger partial charge in [-0.25, -0.2) is 4.98 Å². The molecule has 0 aliphatic carbocycles. The van der Waals surface area contributed by atoms with Crippen LogP contribution in [0, 0.1) is 6.92 Å². The summed E-state index contributed by atoms with van der Waals surface area (Å²) in [6.45, 7) is 1.91. The van der Waals surface area contributed by atoms with E-state index < -0.39 is 5.97 Å². The Hall–Kier alpha value is -1.91. The van der Waals surface area contributed by atoms with Gasteiger partial charge in [-0.15, -0.1) is 11.3 Å². The quantitative estimate of drug-likeness (QED) is 0.730. The molecule has 0 atom stereocenters. The first-order chi connectivity index (χ1) is 9.54. The second-order valence-electron chi connectivity index (χ2n) is 4.47. The first-order valence-electron chi connectivity index (χ1n) is 5.93. The average Bonchev–Trinajstić information content (AvgIpc) is 2.84. The van der Waals surface area contributed by atoms with Gasteiger partial charge in [0, 0.05) is 10.9 Å². The number of aryl methyl sites for hydroxylation is 1. The summed E-state index contributed by atoms with van der Waals surface area (Å²) in [6.07, 6.45) is 0. The lowest BCUT2D eigenvalue weighted by Gasteiger charge is -2.10.